The summed E-state index contributed by atoms with van der Waals surface area (Å²) in [4.78, 5) is 14.3. The zero-order valence-corrected chi connectivity index (χ0v) is 15.2. The normalized spacial score (nSPS) is 19.5. The van der Waals surface area contributed by atoms with E-state index in [-0.39, 0.29) is 6.09 Å². The summed E-state index contributed by atoms with van der Waals surface area (Å²) < 4.78 is 5.57. The molecule has 0 aliphatic carbocycles. The Balaban J connectivity index is 1.77. The Morgan fingerprint density at radius 2 is 1.96 bits per heavy atom. The van der Waals surface area contributed by atoms with Crippen LogP contribution in [0, 0.1) is 0 Å². The third-order valence-electron chi connectivity index (χ3n) is 4.93. The van der Waals surface area contributed by atoms with Gasteiger partial charge in [0.1, 0.15) is 5.60 Å². The Morgan fingerprint density at radius 1 is 1.21 bits per heavy atom. The Bertz CT molecular complexity index is 586. The summed E-state index contributed by atoms with van der Waals surface area (Å²) in [7, 11) is 0. The van der Waals surface area contributed by atoms with Crippen molar-refractivity contribution >= 4 is 6.09 Å². The molecule has 1 saturated heterocycles. The molecule has 24 heavy (non-hydrogen) atoms. The van der Waals surface area contributed by atoms with E-state index in [0.29, 0.717) is 12.5 Å². The number of carbonyl (C=O) groups excluding carboxylic acids is 1. The number of ether oxygens (including phenoxy) is 1. The van der Waals surface area contributed by atoms with Gasteiger partial charge in [0.2, 0.25) is 0 Å². The van der Waals surface area contributed by atoms with Crippen LogP contribution in [0.15, 0.2) is 18.2 Å². The molecule has 4 nitrogen and oxygen atoms in total. The molecule has 0 unspecified atom stereocenters. The maximum absolute atomic E-state index is 12.5. The van der Waals surface area contributed by atoms with Crippen molar-refractivity contribution in [3.8, 4) is 0 Å². The molecule has 2 heterocycles. The average molecular weight is 330 g/mol. The number of benzene rings is 1. The van der Waals surface area contributed by atoms with Crippen LogP contribution in [0.4, 0.5) is 4.79 Å². The van der Waals surface area contributed by atoms with E-state index in [9.17, 15) is 4.79 Å². The quantitative estimate of drug-likeness (QED) is 0.851. The van der Waals surface area contributed by atoms with Gasteiger partial charge in [-0.05, 0) is 82.2 Å². The first-order chi connectivity index (χ1) is 11.4. The number of rotatable bonds is 1. The van der Waals surface area contributed by atoms with Crippen LogP contribution >= 0.6 is 0 Å². The molecule has 132 valence electrons. The van der Waals surface area contributed by atoms with Crippen LogP contribution in [0.3, 0.4) is 0 Å². The Kier molecular flexibility index (Phi) is 5.14. The molecule has 0 aromatic heterocycles. The van der Waals surface area contributed by atoms with Gasteiger partial charge in [-0.1, -0.05) is 18.2 Å². The van der Waals surface area contributed by atoms with Gasteiger partial charge >= 0.3 is 6.09 Å². The van der Waals surface area contributed by atoms with Gasteiger partial charge in [0.05, 0.1) is 0 Å². The number of aryl methyl sites for hydroxylation is 1. The lowest BCUT2D eigenvalue weighted by atomic mass is 9.88. The van der Waals surface area contributed by atoms with Crippen molar-refractivity contribution in [3.63, 3.8) is 0 Å². The smallest absolute Gasteiger partial charge is 0.410 e. The van der Waals surface area contributed by atoms with Gasteiger partial charge < -0.3 is 15.0 Å². The van der Waals surface area contributed by atoms with Crippen LogP contribution < -0.4 is 5.32 Å². The molecule has 1 N–H and O–H groups in total. The monoisotopic (exact) mass is 330 g/mol. The third kappa shape index (κ3) is 4.29. The lowest BCUT2D eigenvalue weighted by Gasteiger charge is -2.27. The van der Waals surface area contributed by atoms with Crippen molar-refractivity contribution in [3.05, 3.63) is 34.9 Å². The molecule has 2 aliphatic heterocycles. The first-order valence-corrected chi connectivity index (χ1v) is 9.23. The summed E-state index contributed by atoms with van der Waals surface area (Å²) in [6, 6.07) is 6.93. The fourth-order valence-corrected chi connectivity index (χ4v) is 3.67. The van der Waals surface area contributed by atoms with Gasteiger partial charge in [0.25, 0.3) is 0 Å². The number of hydrogen-bond donors (Lipinski definition) is 1. The van der Waals surface area contributed by atoms with E-state index in [2.05, 4.69) is 23.5 Å². The SMILES string of the molecule is CC(C)(C)OC(=O)N1CCCc2ccc(C3CCNCC3)cc2C1. The average Bonchev–Trinajstić information content (AvgIpc) is 2.75. The van der Waals surface area contributed by atoms with E-state index in [1.165, 1.54) is 29.5 Å². The highest BCUT2D eigenvalue weighted by atomic mass is 16.6. The fourth-order valence-electron chi connectivity index (χ4n) is 3.67. The molecule has 0 spiro atoms. The molecule has 1 amide bonds. The summed E-state index contributed by atoms with van der Waals surface area (Å²) in [5.74, 6) is 0.648. The number of fused-ring (bicyclic) bond motifs is 1. The predicted molar refractivity (Wildman–Crippen MR) is 96.3 cm³/mol. The number of nitrogens with zero attached hydrogens (tertiary/aromatic N) is 1. The Morgan fingerprint density at radius 3 is 2.67 bits per heavy atom. The van der Waals surface area contributed by atoms with Crippen molar-refractivity contribution in [1.82, 2.24) is 10.2 Å². The van der Waals surface area contributed by atoms with Gasteiger partial charge in [-0.3, -0.25) is 0 Å². The molecule has 4 heteroatoms. The van der Waals surface area contributed by atoms with E-state index in [0.717, 1.165) is 32.5 Å². The summed E-state index contributed by atoms with van der Waals surface area (Å²) in [5.41, 5.74) is 3.68. The minimum Gasteiger partial charge on any atom is -0.444 e. The van der Waals surface area contributed by atoms with Crippen molar-refractivity contribution in [2.75, 3.05) is 19.6 Å². The van der Waals surface area contributed by atoms with E-state index in [1.54, 1.807) is 0 Å². The van der Waals surface area contributed by atoms with Crippen molar-refractivity contribution in [1.29, 1.82) is 0 Å². The maximum atomic E-state index is 12.5. The summed E-state index contributed by atoms with van der Waals surface area (Å²) in [6.07, 6.45) is 4.26. The van der Waals surface area contributed by atoms with Crippen molar-refractivity contribution in [2.45, 2.75) is 64.5 Å². The molecule has 0 bridgehead atoms. The highest BCUT2D eigenvalue weighted by Gasteiger charge is 2.25. The van der Waals surface area contributed by atoms with E-state index < -0.39 is 5.60 Å². The second-order valence-electron chi connectivity index (χ2n) is 8.06. The van der Waals surface area contributed by atoms with Crippen LogP contribution in [-0.4, -0.2) is 36.2 Å². The van der Waals surface area contributed by atoms with Crippen LogP contribution in [0.5, 0.6) is 0 Å². The lowest BCUT2D eigenvalue weighted by molar-refractivity contribution is 0.0237. The highest BCUT2D eigenvalue weighted by molar-refractivity contribution is 5.68. The topological polar surface area (TPSA) is 41.6 Å². The van der Waals surface area contributed by atoms with Crippen LogP contribution in [0.25, 0.3) is 0 Å². The lowest BCUT2D eigenvalue weighted by Crippen LogP contribution is -2.36. The van der Waals surface area contributed by atoms with Gasteiger partial charge in [0, 0.05) is 13.1 Å². The molecule has 0 radical (unpaired) electrons. The Labute approximate surface area is 145 Å². The van der Waals surface area contributed by atoms with E-state index in [4.69, 9.17) is 4.74 Å². The van der Waals surface area contributed by atoms with Gasteiger partial charge in [0.15, 0.2) is 0 Å². The highest BCUT2D eigenvalue weighted by Crippen LogP contribution is 2.29. The number of carbonyl (C=O) groups is 1. The predicted octanol–water partition coefficient (Wildman–Crippen LogP) is 3.84. The van der Waals surface area contributed by atoms with E-state index >= 15 is 0 Å². The fraction of sp³-hybridized carbons (Fsp3) is 0.650. The molecule has 2 aliphatic rings. The second kappa shape index (κ2) is 7.14. The third-order valence-corrected chi connectivity index (χ3v) is 4.93. The number of nitrogens with one attached hydrogen (secondary N) is 1. The molecule has 1 fully saturated rings. The molecule has 3 rings (SSSR count). The zero-order chi connectivity index (χ0) is 17.2. The maximum Gasteiger partial charge on any atom is 0.410 e. The Hall–Kier alpha value is -1.55. The molecular formula is C20H30N2O2. The first kappa shape index (κ1) is 17.3. The summed E-state index contributed by atoms with van der Waals surface area (Å²) in [6.45, 7) is 9.41. The number of amides is 1. The van der Waals surface area contributed by atoms with Crippen LogP contribution in [0.1, 0.15) is 62.6 Å². The summed E-state index contributed by atoms with van der Waals surface area (Å²) >= 11 is 0. The molecule has 0 saturated carbocycles. The summed E-state index contributed by atoms with van der Waals surface area (Å²) in [5, 5.41) is 3.43. The number of hydrogen-bond acceptors (Lipinski definition) is 3. The second-order valence-corrected chi connectivity index (χ2v) is 8.06. The van der Waals surface area contributed by atoms with Gasteiger partial charge in [-0.15, -0.1) is 0 Å². The molecule has 1 aromatic carbocycles. The van der Waals surface area contributed by atoms with Crippen LogP contribution in [-0.2, 0) is 17.7 Å². The molecular weight excluding hydrogens is 300 g/mol. The van der Waals surface area contributed by atoms with Gasteiger partial charge in [-0.25, -0.2) is 4.79 Å². The molecule has 0 atom stereocenters. The van der Waals surface area contributed by atoms with Crippen LogP contribution in [0.2, 0.25) is 0 Å². The molecule has 1 aromatic rings. The minimum atomic E-state index is -0.441. The zero-order valence-electron chi connectivity index (χ0n) is 15.2. The number of piperidine rings is 1. The van der Waals surface area contributed by atoms with Crippen molar-refractivity contribution in [2.24, 2.45) is 0 Å². The van der Waals surface area contributed by atoms with Gasteiger partial charge in [-0.2, -0.15) is 0 Å². The van der Waals surface area contributed by atoms with E-state index in [1.807, 2.05) is 25.7 Å². The first-order valence-electron chi connectivity index (χ1n) is 9.23. The largest absolute Gasteiger partial charge is 0.444 e. The standard InChI is InChI=1S/C20H30N2O2/c1-20(2,3)24-19(23)22-12-4-5-15-6-7-17(13-18(15)14-22)16-8-10-21-11-9-16/h6-7,13,16,21H,4-5,8-12,14H2,1-3H3. The minimum absolute atomic E-state index is 0.192. The van der Waals surface area contributed by atoms with Crippen molar-refractivity contribution < 1.29 is 9.53 Å².